The van der Waals surface area contributed by atoms with E-state index in [4.69, 9.17) is 11.6 Å². The maximum absolute atomic E-state index is 13.0. The summed E-state index contributed by atoms with van der Waals surface area (Å²) in [5.74, 6) is -0.0584. The van der Waals surface area contributed by atoms with Crippen LogP contribution in [0.2, 0.25) is 0 Å². The summed E-state index contributed by atoms with van der Waals surface area (Å²) < 4.78 is 13.0. The second kappa shape index (κ2) is 9.20. The van der Waals surface area contributed by atoms with Gasteiger partial charge in [-0.25, -0.2) is 4.39 Å². The summed E-state index contributed by atoms with van der Waals surface area (Å²) in [6.07, 6.45) is 10.3. The Labute approximate surface area is 156 Å². The Hall–Kier alpha value is -1.60. The third-order valence-electron chi connectivity index (χ3n) is 4.67. The lowest BCUT2D eigenvalue weighted by molar-refractivity contribution is 0.652. The summed E-state index contributed by atoms with van der Waals surface area (Å²) in [6, 6.07) is 6.77. The summed E-state index contributed by atoms with van der Waals surface area (Å²) in [6.45, 7) is 9.78. The minimum atomic E-state index is -0.446. The molecule has 0 radical (unpaired) electrons. The van der Waals surface area contributed by atoms with Crippen molar-refractivity contribution in [2.45, 2.75) is 58.8 Å². The molecular formula is C23H28ClF. The molecule has 0 heterocycles. The van der Waals surface area contributed by atoms with Gasteiger partial charge in [-0.1, -0.05) is 74.4 Å². The molecule has 1 atom stereocenters. The Morgan fingerprint density at radius 2 is 2.08 bits per heavy atom. The lowest BCUT2D eigenvalue weighted by Crippen LogP contribution is -2.11. The zero-order valence-electron chi connectivity index (χ0n) is 15.5. The fourth-order valence-corrected chi connectivity index (χ4v) is 3.97. The van der Waals surface area contributed by atoms with Crippen LogP contribution in [0.15, 0.2) is 65.0 Å². The van der Waals surface area contributed by atoms with Gasteiger partial charge in [-0.3, -0.25) is 0 Å². The summed E-state index contributed by atoms with van der Waals surface area (Å²) in [7, 11) is 0. The fraction of sp³-hybridized carbons (Fsp3) is 0.391. The Morgan fingerprint density at radius 3 is 2.72 bits per heavy atom. The van der Waals surface area contributed by atoms with Crippen LogP contribution in [0.4, 0.5) is 4.39 Å². The fourth-order valence-electron chi connectivity index (χ4n) is 3.60. The molecule has 2 rings (SSSR count). The quantitative estimate of drug-likeness (QED) is 0.457. The molecule has 0 amide bonds. The molecule has 0 aliphatic heterocycles. The number of hydrogen-bond donors (Lipinski definition) is 0. The van der Waals surface area contributed by atoms with Gasteiger partial charge in [0.15, 0.2) is 0 Å². The van der Waals surface area contributed by atoms with Crippen molar-refractivity contribution in [1.82, 2.24) is 0 Å². The van der Waals surface area contributed by atoms with E-state index in [1.54, 1.807) is 6.08 Å². The minimum absolute atomic E-state index is 0.387. The van der Waals surface area contributed by atoms with Crippen molar-refractivity contribution in [3.63, 3.8) is 0 Å². The molecule has 0 bridgehead atoms. The summed E-state index contributed by atoms with van der Waals surface area (Å²) in [4.78, 5) is 0. The van der Waals surface area contributed by atoms with Crippen LogP contribution in [-0.2, 0) is 6.42 Å². The number of allylic oxidation sites excluding steroid dienone is 7. The van der Waals surface area contributed by atoms with Crippen molar-refractivity contribution in [1.29, 1.82) is 0 Å². The van der Waals surface area contributed by atoms with Crippen LogP contribution in [0.5, 0.6) is 0 Å². The van der Waals surface area contributed by atoms with E-state index in [1.165, 1.54) is 28.3 Å². The van der Waals surface area contributed by atoms with Gasteiger partial charge in [0.05, 0.1) is 0 Å². The molecule has 134 valence electrons. The van der Waals surface area contributed by atoms with E-state index in [0.717, 1.165) is 42.7 Å². The topological polar surface area (TPSA) is 0 Å². The summed E-state index contributed by atoms with van der Waals surface area (Å²) in [5, 5.41) is 0.816. The van der Waals surface area contributed by atoms with Gasteiger partial charge in [-0.05, 0) is 66.9 Å². The SMILES string of the molecule is C=C(F)/C=C\C1=C(Cl)CC(c2ccc(C)cc2CCC)CC1=CCC. The standard InChI is InChI=1S/C23H28ClF/c1-5-7-18-13-16(3)9-11-21(18)20-14-19(8-6-2)22(23(24)15-20)12-10-17(4)25/h8-13,20H,4-7,14-15H2,1-3H3/b12-10-,19-8?. The molecule has 0 nitrogen and oxygen atoms in total. The van der Waals surface area contributed by atoms with E-state index < -0.39 is 5.83 Å². The van der Waals surface area contributed by atoms with E-state index in [9.17, 15) is 4.39 Å². The van der Waals surface area contributed by atoms with E-state index in [1.807, 2.05) is 0 Å². The van der Waals surface area contributed by atoms with Gasteiger partial charge in [0, 0.05) is 5.03 Å². The molecule has 1 aliphatic carbocycles. The van der Waals surface area contributed by atoms with Crippen LogP contribution in [0.3, 0.4) is 0 Å². The molecule has 0 N–H and O–H groups in total. The van der Waals surface area contributed by atoms with Crippen molar-refractivity contribution in [3.05, 3.63) is 81.7 Å². The number of benzene rings is 1. The summed E-state index contributed by atoms with van der Waals surface area (Å²) in [5.41, 5.74) is 6.32. The van der Waals surface area contributed by atoms with Crippen molar-refractivity contribution >= 4 is 11.6 Å². The van der Waals surface area contributed by atoms with Gasteiger partial charge in [0.25, 0.3) is 0 Å². The van der Waals surface area contributed by atoms with Crippen molar-refractivity contribution < 1.29 is 4.39 Å². The third-order valence-corrected chi connectivity index (χ3v) is 5.03. The van der Waals surface area contributed by atoms with Gasteiger partial charge >= 0.3 is 0 Å². The van der Waals surface area contributed by atoms with Crippen LogP contribution >= 0.6 is 11.6 Å². The highest BCUT2D eigenvalue weighted by molar-refractivity contribution is 6.30. The predicted molar refractivity (Wildman–Crippen MR) is 108 cm³/mol. The van der Waals surface area contributed by atoms with Crippen molar-refractivity contribution in [2.75, 3.05) is 0 Å². The zero-order chi connectivity index (χ0) is 18.4. The summed E-state index contributed by atoms with van der Waals surface area (Å²) >= 11 is 6.64. The molecule has 1 aromatic rings. The minimum Gasteiger partial charge on any atom is -0.208 e. The maximum atomic E-state index is 13.0. The lowest BCUT2D eigenvalue weighted by atomic mass is 9.78. The molecule has 2 heteroatoms. The Morgan fingerprint density at radius 1 is 1.32 bits per heavy atom. The highest BCUT2D eigenvalue weighted by Crippen LogP contribution is 2.43. The molecule has 25 heavy (non-hydrogen) atoms. The first kappa shape index (κ1) is 19.7. The highest BCUT2D eigenvalue weighted by Gasteiger charge is 2.25. The second-order valence-corrected chi connectivity index (χ2v) is 7.25. The number of rotatable bonds is 6. The van der Waals surface area contributed by atoms with Crippen LogP contribution in [-0.4, -0.2) is 0 Å². The second-order valence-electron chi connectivity index (χ2n) is 6.79. The first-order chi connectivity index (χ1) is 12.0. The first-order valence-corrected chi connectivity index (χ1v) is 9.54. The van der Waals surface area contributed by atoms with Crippen molar-refractivity contribution in [3.8, 4) is 0 Å². The number of aryl methyl sites for hydroxylation is 2. The van der Waals surface area contributed by atoms with Gasteiger partial charge < -0.3 is 0 Å². The van der Waals surface area contributed by atoms with Crippen molar-refractivity contribution in [2.24, 2.45) is 0 Å². The normalized spacial score (nSPS) is 19.9. The maximum Gasteiger partial charge on any atom is 0.116 e. The average molecular weight is 359 g/mol. The van der Waals surface area contributed by atoms with Crippen LogP contribution in [0.25, 0.3) is 0 Å². The number of hydrogen-bond acceptors (Lipinski definition) is 0. The molecule has 0 aromatic heterocycles. The molecule has 0 fully saturated rings. The van der Waals surface area contributed by atoms with E-state index in [2.05, 4.69) is 51.6 Å². The zero-order valence-corrected chi connectivity index (χ0v) is 16.3. The van der Waals surface area contributed by atoms with Crippen LogP contribution in [0.1, 0.15) is 62.1 Å². The third kappa shape index (κ3) is 5.19. The molecule has 0 saturated heterocycles. The predicted octanol–water partition coefficient (Wildman–Crippen LogP) is 7.69. The highest BCUT2D eigenvalue weighted by atomic mass is 35.5. The largest absolute Gasteiger partial charge is 0.208 e. The molecule has 1 unspecified atom stereocenters. The van der Waals surface area contributed by atoms with Gasteiger partial charge in [-0.15, -0.1) is 0 Å². The average Bonchev–Trinajstić information content (AvgIpc) is 2.54. The van der Waals surface area contributed by atoms with Gasteiger partial charge in [-0.2, -0.15) is 0 Å². The van der Waals surface area contributed by atoms with E-state index >= 15 is 0 Å². The molecular weight excluding hydrogens is 331 g/mol. The molecule has 1 aliphatic rings. The lowest BCUT2D eigenvalue weighted by Gasteiger charge is -2.28. The molecule has 0 saturated carbocycles. The Balaban J connectivity index is 2.41. The number of halogens is 2. The van der Waals surface area contributed by atoms with E-state index in [0.29, 0.717) is 5.92 Å². The Bertz CT molecular complexity index is 722. The van der Waals surface area contributed by atoms with Crippen LogP contribution in [0, 0.1) is 6.92 Å². The first-order valence-electron chi connectivity index (χ1n) is 9.16. The molecule has 0 spiro atoms. The van der Waals surface area contributed by atoms with E-state index in [-0.39, 0.29) is 0 Å². The van der Waals surface area contributed by atoms with Gasteiger partial charge in [0.1, 0.15) is 5.83 Å². The molecule has 1 aromatic carbocycles. The monoisotopic (exact) mass is 358 g/mol. The van der Waals surface area contributed by atoms with Gasteiger partial charge in [0.2, 0.25) is 0 Å². The van der Waals surface area contributed by atoms with Crippen LogP contribution < -0.4 is 0 Å². The Kier molecular flexibility index (Phi) is 7.25. The smallest absolute Gasteiger partial charge is 0.116 e.